The lowest BCUT2D eigenvalue weighted by Gasteiger charge is -2.16. The first-order valence-electron chi connectivity index (χ1n) is 4.66. The number of fused-ring (bicyclic) bond motifs is 3. The first-order valence-corrected chi connectivity index (χ1v) is 4.66. The van der Waals surface area contributed by atoms with E-state index in [9.17, 15) is 14.9 Å². The molecule has 0 radical (unpaired) electrons. The predicted octanol–water partition coefficient (Wildman–Crippen LogP) is 0.626. The second-order valence-corrected chi connectivity index (χ2v) is 3.40. The van der Waals surface area contributed by atoms with E-state index in [1.807, 2.05) is 0 Å². The normalized spacial score (nSPS) is 12.5. The van der Waals surface area contributed by atoms with Crippen molar-refractivity contribution in [2.45, 2.75) is 6.61 Å². The Labute approximate surface area is 93.2 Å². The van der Waals surface area contributed by atoms with E-state index in [4.69, 9.17) is 4.74 Å². The highest BCUT2D eigenvalue weighted by atomic mass is 16.6. The number of rotatable bonds is 1. The summed E-state index contributed by atoms with van der Waals surface area (Å²) in [5, 5.41) is 14.2. The zero-order chi connectivity index (χ0) is 12.0. The van der Waals surface area contributed by atoms with Crippen molar-refractivity contribution in [3.63, 3.8) is 0 Å². The van der Waals surface area contributed by atoms with Crippen molar-refractivity contribution in [1.29, 1.82) is 0 Å². The summed E-state index contributed by atoms with van der Waals surface area (Å²) in [6, 6.07) is 3.99. The molecule has 0 aliphatic carbocycles. The molecule has 0 saturated carbocycles. The molecule has 1 aromatic heterocycles. The molecule has 0 bridgehead atoms. The second kappa shape index (κ2) is 3.17. The Kier molecular flexibility index (Phi) is 1.79. The van der Waals surface area contributed by atoms with Crippen LogP contribution >= 0.6 is 0 Å². The van der Waals surface area contributed by atoms with Crippen molar-refractivity contribution < 1.29 is 14.2 Å². The smallest absolute Gasteiger partial charge is 0.446 e. The third kappa shape index (κ3) is 1.30. The van der Waals surface area contributed by atoms with Crippen molar-refractivity contribution >= 4 is 5.69 Å². The van der Waals surface area contributed by atoms with Crippen LogP contribution in [0, 0.1) is 10.1 Å². The summed E-state index contributed by atoms with van der Waals surface area (Å²) in [5.74, 6) is -0.0264. The van der Waals surface area contributed by atoms with Gasteiger partial charge in [0.15, 0.2) is 12.4 Å². The van der Waals surface area contributed by atoms with E-state index in [1.54, 1.807) is 0 Å². The van der Waals surface area contributed by atoms with Crippen LogP contribution in [0.5, 0.6) is 5.75 Å². The minimum Gasteiger partial charge on any atom is -0.483 e. The maximum absolute atomic E-state index is 11.4. The van der Waals surface area contributed by atoms with Gasteiger partial charge in [0.1, 0.15) is 11.4 Å². The predicted molar refractivity (Wildman–Crippen MR) is 53.1 cm³/mol. The van der Waals surface area contributed by atoms with Gasteiger partial charge in [-0.3, -0.25) is 14.6 Å². The van der Waals surface area contributed by atoms with Crippen molar-refractivity contribution in [3.05, 3.63) is 44.7 Å². The van der Waals surface area contributed by atoms with Gasteiger partial charge in [-0.25, -0.2) is 9.36 Å². The second-order valence-electron chi connectivity index (χ2n) is 3.40. The van der Waals surface area contributed by atoms with Gasteiger partial charge in [-0.15, -0.1) is 0 Å². The zero-order valence-electron chi connectivity index (χ0n) is 8.32. The van der Waals surface area contributed by atoms with Crippen LogP contribution < -0.4 is 10.5 Å². The van der Waals surface area contributed by atoms with Crippen LogP contribution in [0.25, 0.3) is 5.69 Å². The molecule has 0 unspecified atom stereocenters. The number of hydrogen-bond acceptors (Lipinski definition) is 6. The van der Waals surface area contributed by atoms with Crippen LogP contribution in [0.1, 0.15) is 5.82 Å². The molecule has 0 N–H and O–H groups in total. The van der Waals surface area contributed by atoms with Gasteiger partial charge in [-0.05, 0) is 6.07 Å². The van der Waals surface area contributed by atoms with Gasteiger partial charge in [0.25, 0.3) is 5.69 Å². The third-order valence-corrected chi connectivity index (χ3v) is 2.42. The van der Waals surface area contributed by atoms with E-state index in [1.165, 1.54) is 18.2 Å². The van der Waals surface area contributed by atoms with Gasteiger partial charge in [0.05, 0.1) is 4.92 Å². The van der Waals surface area contributed by atoms with Gasteiger partial charge in [0.2, 0.25) is 0 Å². The highest BCUT2D eigenvalue weighted by Crippen LogP contribution is 2.30. The molecule has 8 heteroatoms. The Hall–Kier alpha value is -2.64. The SMILES string of the molecule is O=c1onc2n1-c1cc([N+](=O)[O-])ccc1OC2. The number of nitro groups is 1. The molecule has 1 aliphatic heterocycles. The average Bonchev–Trinajstić information content (AvgIpc) is 2.70. The Morgan fingerprint density at radius 1 is 1.47 bits per heavy atom. The van der Waals surface area contributed by atoms with Gasteiger partial charge in [-0.2, -0.15) is 0 Å². The molecule has 0 fully saturated rings. The molecule has 2 aromatic rings. The van der Waals surface area contributed by atoms with E-state index < -0.39 is 10.7 Å². The number of nitrogens with zero attached hydrogens (tertiary/aromatic N) is 3. The van der Waals surface area contributed by atoms with Crippen LogP contribution in [-0.4, -0.2) is 14.6 Å². The highest BCUT2D eigenvalue weighted by Gasteiger charge is 2.24. The molecule has 1 aliphatic rings. The lowest BCUT2D eigenvalue weighted by Crippen LogP contribution is -2.21. The third-order valence-electron chi connectivity index (χ3n) is 2.42. The summed E-state index contributed by atoms with van der Waals surface area (Å²) in [6.07, 6.45) is 0. The Morgan fingerprint density at radius 2 is 2.29 bits per heavy atom. The minimum atomic E-state index is -0.690. The van der Waals surface area contributed by atoms with E-state index in [-0.39, 0.29) is 23.8 Å². The number of non-ortho nitro benzene ring substituents is 1. The van der Waals surface area contributed by atoms with E-state index in [0.717, 1.165) is 4.57 Å². The monoisotopic (exact) mass is 235 g/mol. The largest absolute Gasteiger partial charge is 0.483 e. The summed E-state index contributed by atoms with van der Waals surface area (Å²) in [7, 11) is 0. The van der Waals surface area contributed by atoms with E-state index in [0.29, 0.717) is 5.75 Å². The fourth-order valence-electron chi connectivity index (χ4n) is 1.67. The first kappa shape index (κ1) is 9.58. The molecule has 0 saturated heterocycles. The highest BCUT2D eigenvalue weighted by molar-refractivity contribution is 5.54. The van der Waals surface area contributed by atoms with Crippen molar-refractivity contribution in [1.82, 2.24) is 9.72 Å². The van der Waals surface area contributed by atoms with Gasteiger partial charge >= 0.3 is 5.76 Å². The number of hydrogen-bond donors (Lipinski definition) is 0. The molecule has 0 atom stereocenters. The summed E-state index contributed by atoms with van der Waals surface area (Å²) in [6.45, 7) is 0.0938. The summed E-state index contributed by atoms with van der Waals surface area (Å²) in [4.78, 5) is 21.5. The standard InChI is InChI=1S/C9H5N3O5/c13-9-11-6-3-5(12(14)15)1-2-7(6)16-4-8(11)10-17-9/h1-3H,4H2. The van der Waals surface area contributed by atoms with E-state index in [2.05, 4.69) is 9.68 Å². The number of aromatic nitrogens is 2. The average molecular weight is 235 g/mol. The van der Waals surface area contributed by atoms with Crippen molar-refractivity contribution in [2.75, 3.05) is 0 Å². The first-order chi connectivity index (χ1) is 8.16. The molecular formula is C9H5N3O5. The lowest BCUT2D eigenvalue weighted by atomic mass is 10.2. The maximum atomic E-state index is 11.4. The Bertz CT molecular complexity index is 672. The zero-order valence-corrected chi connectivity index (χ0v) is 8.32. The molecule has 8 nitrogen and oxygen atoms in total. The lowest BCUT2D eigenvalue weighted by molar-refractivity contribution is -0.384. The van der Waals surface area contributed by atoms with Crippen molar-refractivity contribution in [2.24, 2.45) is 0 Å². The summed E-state index contributed by atoms with van der Waals surface area (Å²) < 4.78 is 10.9. The van der Waals surface area contributed by atoms with Crippen LogP contribution in [0.4, 0.5) is 5.69 Å². The van der Waals surface area contributed by atoms with Gasteiger partial charge in [0, 0.05) is 12.1 Å². The molecule has 0 spiro atoms. The van der Waals surface area contributed by atoms with Crippen LogP contribution in [0.3, 0.4) is 0 Å². The molecule has 3 rings (SSSR count). The number of ether oxygens (including phenoxy) is 1. The molecule has 86 valence electrons. The molecule has 2 heterocycles. The molecule has 0 amide bonds. The number of nitro benzene ring substituents is 1. The fraction of sp³-hybridized carbons (Fsp3) is 0.111. The number of benzene rings is 1. The molecular weight excluding hydrogens is 230 g/mol. The summed E-state index contributed by atoms with van der Waals surface area (Å²) >= 11 is 0. The van der Waals surface area contributed by atoms with Gasteiger partial charge < -0.3 is 4.74 Å². The Balaban J connectivity index is 2.29. The van der Waals surface area contributed by atoms with Crippen LogP contribution in [-0.2, 0) is 6.61 Å². The maximum Gasteiger partial charge on any atom is 0.446 e. The van der Waals surface area contributed by atoms with Crippen LogP contribution in [0.15, 0.2) is 27.5 Å². The van der Waals surface area contributed by atoms with Crippen molar-refractivity contribution in [3.8, 4) is 11.4 Å². The topological polar surface area (TPSA) is 100 Å². The molecule has 17 heavy (non-hydrogen) atoms. The quantitative estimate of drug-likeness (QED) is 0.530. The van der Waals surface area contributed by atoms with Crippen LogP contribution in [0.2, 0.25) is 0 Å². The minimum absolute atomic E-state index is 0.0938. The van der Waals surface area contributed by atoms with Gasteiger partial charge in [-0.1, -0.05) is 5.16 Å². The fourth-order valence-corrected chi connectivity index (χ4v) is 1.67. The molecule has 1 aromatic carbocycles. The Morgan fingerprint density at radius 3 is 3.06 bits per heavy atom. The summed E-state index contributed by atoms with van der Waals surface area (Å²) in [5.41, 5.74) is 0.139. The van der Waals surface area contributed by atoms with E-state index >= 15 is 0 Å².